The zero-order valence-corrected chi connectivity index (χ0v) is 21.6. The average molecular weight is 595 g/mol. The Labute approximate surface area is 235 Å². The number of aliphatic hydroxyl groups excluding tert-OH is 8. The molecular formula is C27H30O15. The van der Waals surface area contributed by atoms with Gasteiger partial charge in [-0.15, -0.1) is 0 Å². The number of hydrogen-bond acceptors (Lipinski definition) is 15. The first-order valence-electron chi connectivity index (χ1n) is 12.9. The van der Waals surface area contributed by atoms with Crippen LogP contribution in [0.2, 0.25) is 0 Å². The minimum absolute atomic E-state index is 0.113. The Morgan fingerprint density at radius 1 is 0.667 bits per heavy atom. The first-order valence-corrected chi connectivity index (χ1v) is 12.9. The second kappa shape index (κ2) is 11.4. The SMILES string of the molecule is O=c1cc(-c2ccc(O)c(O)c2)oc2c(C3OC(CO)C(O)C(O)C3O)c(O)c(C3OC(CO)C(O)C(O)C3O)cc12. The Hall–Kier alpha value is -3.35. The van der Waals surface area contributed by atoms with E-state index in [1.807, 2.05) is 0 Å². The number of benzene rings is 2. The predicted molar refractivity (Wildman–Crippen MR) is 138 cm³/mol. The lowest BCUT2D eigenvalue weighted by Gasteiger charge is -2.42. The van der Waals surface area contributed by atoms with Gasteiger partial charge in [0.2, 0.25) is 0 Å². The van der Waals surface area contributed by atoms with Crippen LogP contribution in [0.3, 0.4) is 0 Å². The van der Waals surface area contributed by atoms with Crippen molar-refractivity contribution in [1.82, 2.24) is 0 Å². The highest BCUT2D eigenvalue weighted by molar-refractivity contribution is 5.86. The first kappa shape index (κ1) is 30.1. The van der Waals surface area contributed by atoms with Gasteiger partial charge in [0.1, 0.15) is 78.1 Å². The Balaban J connectivity index is 1.78. The monoisotopic (exact) mass is 594 g/mol. The minimum Gasteiger partial charge on any atom is -0.507 e. The summed E-state index contributed by atoms with van der Waals surface area (Å²) in [5.41, 5.74) is -1.87. The van der Waals surface area contributed by atoms with Crippen LogP contribution in [0.4, 0.5) is 0 Å². The van der Waals surface area contributed by atoms with E-state index in [1.54, 1.807) is 0 Å². The van der Waals surface area contributed by atoms with Crippen molar-refractivity contribution in [2.45, 2.75) is 61.0 Å². The maximum absolute atomic E-state index is 13.4. The highest BCUT2D eigenvalue weighted by Crippen LogP contribution is 2.47. The molecule has 0 aliphatic carbocycles. The standard InChI is InChI=1S/C27H30O15/c28-6-15-19(34)21(36)23(38)26(41-15)10-4-9-12(31)5-14(8-1-2-11(30)13(32)3-8)40-25(9)17(18(10)33)27-24(39)22(37)20(35)16(7-29)42-27/h1-5,15-16,19-24,26-30,32-39H,6-7H2. The number of rotatable bonds is 5. The quantitative estimate of drug-likeness (QED) is 0.138. The molecule has 42 heavy (non-hydrogen) atoms. The molecule has 0 bridgehead atoms. The van der Waals surface area contributed by atoms with Crippen molar-refractivity contribution in [2.24, 2.45) is 0 Å². The maximum atomic E-state index is 13.4. The number of fused-ring (bicyclic) bond motifs is 1. The van der Waals surface area contributed by atoms with Crippen molar-refractivity contribution in [2.75, 3.05) is 13.2 Å². The molecule has 1 aromatic heterocycles. The number of hydrogen-bond donors (Lipinski definition) is 11. The summed E-state index contributed by atoms with van der Waals surface area (Å²) >= 11 is 0. The summed E-state index contributed by atoms with van der Waals surface area (Å²) in [6.45, 7) is -1.62. The maximum Gasteiger partial charge on any atom is 0.193 e. The van der Waals surface area contributed by atoms with Gasteiger partial charge in [0.15, 0.2) is 16.9 Å². The molecule has 15 heteroatoms. The van der Waals surface area contributed by atoms with Gasteiger partial charge in [-0.25, -0.2) is 0 Å². The molecule has 10 unspecified atom stereocenters. The third kappa shape index (κ3) is 4.88. The van der Waals surface area contributed by atoms with E-state index in [2.05, 4.69) is 0 Å². The van der Waals surface area contributed by atoms with Gasteiger partial charge in [0.25, 0.3) is 0 Å². The van der Waals surface area contributed by atoms with E-state index in [1.165, 1.54) is 6.07 Å². The molecule has 2 fully saturated rings. The molecule has 3 aromatic rings. The first-order chi connectivity index (χ1) is 19.9. The van der Waals surface area contributed by atoms with Gasteiger partial charge in [0.05, 0.1) is 24.2 Å². The fraction of sp³-hybridized carbons (Fsp3) is 0.444. The largest absolute Gasteiger partial charge is 0.507 e. The third-order valence-corrected chi connectivity index (χ3v) is 7.69. The van der Waals surface area contributed by atoms with Gasteiger partial charge in [-0.3, -0.25) is 4.79 Å². The van der Waals surface area contributed by atoms with Crippen molar-refractivity contribution >= 4 is 11.0 Å². The Kier molecular flexibility index (Phi) is 8.16. The molecule has 2 saturated heterocycles. The lowest BCUT2D eigenvalue weighted by molar-refractivity contribution is -0.233. The molecule has 2 aliphatic rings. The summed E-state index contributed by atoms with van der Waals surface area (Å²) in [4.78, 5) is 13.4. The summed E-state index contributed by atoms with van der Waals surface area (Å²) in [5.74, 6) is -1.98. The van der Waals surface area contributed by atoms with Gasteiger partial charge in [-0.1, -0.05) is 0 Å². The fourth-order valence-electron chi connectivity index (χ4n) is 5.33. The molecule has 0 saturated carbocycles. The van der Waals surface area contributed by atoms with E-state index in [4.69, 9.17) is 13.9 Å². The van der Waals surface area contributed by atoms with E-state index >= 15 is 0 Å². The summed E-state index contributed by atoms with van der Waals surface area (Å²) in [6.07, 6.45) is -17.4. The molecular weight excluding hydrogens is 564 g/mol. The van der Waals surface area contributed by atoms with Gasteiger partial charge in [-0.2, -0.15) is 0 Å². The lowest BCUT2D eigenvalue weighted by atomic mass is 9.85. The second-order valence-corrected chi connectivity index (χ2v) is 10.3. The molecule has 5 rings (SSSR count). The highest BCUT2D eigenvalue weighted by Gasteiger charge is 2.49. The second-order valence-electron chi connectivity index (χ2n) is 10.3. The van der Waals surface area contributed by atoms with E-state index in [0.717, 1.165) is 24.3 Å². The summed E-state index contributed by atoms with van der Waals surface area (Å²) in [6, 6.07) is 5.62. The van der Waals surface area contributed by atoms with E-state index in [0.29, 0.717) is 0 Å². The van der Waals surface area contributed by atoms with Crippen LogP contribution in [0, 0.1) is 0 Å². The molecule has 0 radical (unpaired) electrons. The molecule has 2 aromatic carbocycles. The molecule has 3 heterocycles. The van der Waals surface area contributed by atoms with Crippen LogP contribution in [0.15, 0.2) is 39.5 Å². The third-order valence-electron chi connectivity index (χ3n) is 7.69. The van der Waals surface area contributed by atoms with Crippen LogP contribution < -0.4 is 5.43 Å². The number of ether oxygens (including phenoxy) is 2. The van der Waals surface area contributed by atoms with Crippen molar-refractivity contribution < 1.29 is 70.1 Å². The smallest absolute Gasteiger partial charge is 0.193 e. The van der Waals surface area contributed by atoms with Crippen LogP contribution >= 0.6 is 0 Å². The Morgan fingerprint density at radius 3 is 1.81 bits per heavy atom. The van der Waals surface area contributed by atoms with Crippen LogP contribution in [-0.2, 0) is 9.47 Å². The zero-order chi connectivity index (χ0) is 30.6. The molecule has 0 amide bonds. The van der Waals surface area contributed by atoms with Gasteiger partial charge in [-0.05, 0) is 24.3 Å². The molecule has 10 atom stereocenters. The number of aromatic hydroxyl groups is 3. The van der Waals surface area contributed by atoms with E-state index < -0.39 is 108 Å². The fourth-order valence-corrected chi connectivity index (χ4v) is 5.33. The normalized spacial score (nSPS) is 33.6. The molecule has 0 spiro atoms. The number of phenolic OH excluding ortho intramolecular Hbond substituents is 3. The van der Waals surface area contributed by atoms with Gasteiger partial charge < -0.3 is 70.1 Å². The van der Waals surface area contributed by atoms with Crippen molar-refractivity contribution in [3.05, 3.63) is 51.7 Å². The van der Waals surface area contributed by atoms with Crippen LogP contribution in [-0.4, -0.2) is 118 Å². The van der Waals surface area contributed by atoms with Crippen LogP contribution in [0.25, 0.3) is 22.3 Å². The number of aliphatic hydroxyl groups is 8. The van der Waals surface area contributed by atoms with Crippen LogP contribution in [0.5, 0.6) is 17.2 Å². The predicted octanol–water partition coefficient (Wildman–Crippen LogP) is -2.39. The highest BCUT2D eigenvalue weighted by atomic mass is 16.6. The minimum atomic E-state index is -1.96. The van der Waals surface area contributed by atoms with Crippen molar-refractivity contribution in [3.63, 3.8) is 0 Å². The van der Waals surface area contributed by atoms with Crippen molar-refractivity contribution in [3.8, 4) is 28.6 Å². The number of phenols is 3. The molecule has 11 N–H and O–H groups in total. The van der Waals surface area contributed by atoms with Crippen LogP contribution in [0.1, 0.15) is 23.3 Å². The Bertz CT molecular complexity index is 1520. The van der Waals surface area contributed by atoms with E-state index in [-0.39, 0.29) is 22.3 Å². The van der Waals surface area contributed by atoms with Gasteiger partial charge in [0, 0.05) is 17.2 Å². The lowest BCUT2D eigenvalue weighted by Crippen LogP contribution is -2.55. The van der Waals surface area contributed by atoms with Crippen molar-refractivity contribution in [1.29, 1.82) is 0 Å². The topological polar surface area (TPSA) is 271 Å². The summed E-state index contributed by atoms with van der Waals surface area (Å²) < 4.78 is 17.1. The summed E-state index contributed by atoms with van der Waals surface area (Å²) in [5, 5.41) is 113. The van der Waals surface area contributed by atoms with E-state index in [9.17, 15) is 61.0 Å². The Morgan fingerprint density at radius 2 is 1.24 bits per heavy atom. The molecule has 2 aliphatic heterocycles. The average Bonchev–Trinajstić information content (AvgIpc) is 2.97. The zero-order valence-electron chi connectivity index (χ0n) is 21.6. The molecule has 15 nitrogen and oxygen atoms in total. The van der Waals surface area contributed by atoms with Gasteiger partial charge >= 0.3 is 0 Å². The summed E-state index contributed by atoms with van der Waals surface area (Å²) in [7, 11) is 0. The molecule has 228 valence electrons.